The molecule has 0 atom stereocenters. The van der Waals surface area contributed by atoms with Gasteiger partial charge in [-0.3, -0.25) is 0 Å². The van der Waals surface area contributed by atoms with Crippen LogP contribution in [0.25, 0.3) is 0 Å². The highest BCUT2D eigenvalue weighted by Gasteiger charge is 2.55. The van der Waals surface area contributed by atoms with E-state index < -0.39 is 21.2 Å². The fourth-order valence-electron chi connectivity index (χ4n) is 4.52. The highest BCUT2D eigenvalue weighted by Crippen LogP contribution is 2.47. The molecule has 0 spiro atoms. The lowest BCUT2D eigenvalue weighted by Gasteiger charge is -2.53. The zero-order chi connectivity index (χ0) is 21.4. The molecule has 4 nitrogen and oxygen atoms in total. The SMILES string of the molecule is CCCCCCC(O)(CCCCCC)C1(NS(=O)(=O)c2ccc(C)cc2)CCC1. The maximum Gasteiger partial charge on any atom is 0.241 e. The first-order valence-electron chi connectivity index (χ1n) is 11.6. The Morgan fingerprint density at radius 3 is 1.86 bits per heavy atom. The average Bonchev–Trinajstić information content (AvgIpc) is 2.66. The van der Waals surface area contributed by atoms with Gasteiger partial charge in [-0.2, -0.15) is 0 Å². The topological polar surface area (TPSA) is 66.4 Å². The monoisotopic (exact) mass is 423 g/mol. The summed E-state index contributed by atoms with van der Waals surface area (Å²) in [6.45, 7) is 6.31. The Hall–Kier alpha value is -0.910. The minimum absolute atomic E-state index is 0.286. The second kappa shape index (κ2) is 10.9. The number of unbranched alkanes of at least 4 members (excludes halogenated alkanes) is 6. The van der Waals surface area contributed by atoms with Crippen molar-refractivity contribution in [3.05, 3.63) is 29.8 Å². The van der Waals surface area contributed by atoms with Gasteiger partial charge < -0.3 is 5.11 Å². The first-order chi connectivity index (χ1) is 13.8. The molecular formula is C24H41NO3S. The molecule has 0 radical (unpaired) electrons. The fourth-order valence-corrected chi connectivity index (χ4v) is 6.04. The van der Waals surface area contributed by atoms with Crippen molar-refractivity contribution in [2.75, 3.05) is 0 Å². The molecule has 0 amide bonds. The first-order valence-corrected chi connectivity index (χ1v) is 13.1. The molecule has 0 unspecified atom stereocenters. The lowest BCUT2D eigenvalue weighted by molar-refractivity contribution is -0.0934. The van der Waals surface area contributed by atoms with Gasteiger partial charge in [0.25, 0.3) is 0 Å². The number of aryl methyl sites for hydroxylation is 1. The van der Waals surface area contributed by atoms with E-state index in [0.29, 0.717) is 12.8 Å². The fraction of sp³-hybridized carbons (Fsp3) is 0.750. The molecule has 1 aliphatic rings. The zero-order valence-electron chi connectivity index (χ0n) is 18.7. The Labute approximate surface area is 178 Å². The molecule has 0 bridgehead atoms. The van der Waals surface area contributed by atoms with Crippen molar-refractivity contribution >= 4 is 10.0 Å². The van der Waals surface area contributed by atoms with E-state index in [9.17, 15) is 13.5 Å². The van der Waals surface area contributed by atoms with Crippen LogP contribution in [0, 0.1) is 6.92 Å². The molecule has 1 fully saturated rings. The average molecular weight is 424 g/mol. The van der Waals surface area contributed by atoms with E-state index in [4.69, 9.17) is 0 Å². The number of rotatable bonds is 14. The van der Waals surface area contributed by atoms with Crippen LogP contribution in [0.1, 0.15) is 103 Å². The van der Waals surface area contributed by atoms with Crippen molar-refractivity contribution in [3.63, 3.8) is 0 Å². The van der Waals surface area contributed by atoms with E-state index >= 15 is 0 Å². The summed E-state index contributed by atoms with van der Waals surface area (Å²) in [4.78, 5) is 0.286. The van der Waals surface area contributed by atoms with Crippen molar-refractivity contribution in [3.8, 4) is 0 Å². The summed E-state index contributed by atoms with van der Waals surface area (Å²) in [5.41, 5.74) is -0.662. The van der Waals surface area contributed by atoms with Gasteiger partial charge >= 0.3 is 0 Å². The summed E-state index contributed by atoms with van der Waals surface area (Å²) in [7, 11) is -3.66. The van der Waals surface area contributed by atoms with E-state index in [-0.39, 0.29) is 4.90 Å². The van der Waals surface area contributed by atoms with Crippen molar-refractivity contribution in [1.29, 1.82) is 0 Å². The molecular weight excluding hydrogens is 382 g/mol. The lowest BCUT2D eigenvalue weighted by atomic mass is 9.62. The first kappa shape index (κ1) is 24.4. The van der Waals surface area contributed by atoms with Crippen molar-refractivity contribution < 1.29 is 13.5 Å². The number of benzene rings is 1. The van der Waals surface area contributed by atoms with Gasteiger partial charge in [0.15, 0.2) is 0 Å². The molecule has 1 saturated carbocycles. The van der Waals surface area contributed by atoms with E-state index in [1.165, 1.54) is 0 Å². The normalized spacial score (nSPS) is 16.6. The predicted octanol–water partition coefficient (Wildman–Crippen LogP) is 5.87. The van der Waals surface area contributed by atoms with E-state index in [0.717, 1.165) is 76.2 Å². The van der Waals surface area contributed by atoms with Gasteiger partial charge in [0.05, 0.1) is 16.0 Å². The van der Waals surface area contributed by atoms with Gasteiger partial charge in [0.1, 0.15) is 0 Å². The Bertz CT molecular complexity index is 696. The number of aliphatic hydroxyl groups is 1. The van der Waals surface area contributed by atoms with E-state index in [1.54, 1.807) is 12.1 Å². The molecule has 2 N–H and O–H groups in total. The summed E-state index contributed by atoms with van der Waals surface area (Å²) < 4.78 is 29.2. The highest BCUT2D eigenvalue weighted by atomic mass is 32.2. The van der Waals surface area contributed by atoms with Gasteiger partial charge in [-0.1, -0.05) is 82.9 Å². The van der Waals surface area contributed by atoms with Crippen LogP contribution in [0.2, 0.25) is 0 Å². The summed E-state index contributed by atoms with van der Waals surface area (Å²) in [6, 6.07) is 6.96. The molecule has 1 aromatic rings. The minimum atomic E-state index is -3.66. The Morgan fingerprint density at radius 1 is 0.931 bits per heavy atom. The van der Waals surface area contributed by atoms with Crippen LogP contribution in [-0.4, -0.2) is 24.7 Å². The molecule has 2 rings (SSSR count). The quantitative estimate of drug-likeness (QED) is 0.368. The number of hydrogen-bond donors (Lipinski definition) is 2. The lowest BCUT2D eigenvalue weighted by Crippen LogP contribution is -2.68. The molecule has 0 heterocycles. The standard InChI is InChI=1S/C24H41NO3S/c1-4-6-8-10-19-24(26,20-11-9-7-5-2)23(17-12-18-23)25-29(27,28)22-15-13-21(3)14-16-22/h13-16,25-26H,4-12,17-20H2,1-3H3. The molecule has 166 valence electrons. The molecule has 1 aliphatic carbocycles. The number of hydrogen-bond acceptors (Lipinski definition) is 3. The van der Waals surface area contributed by atoms with Gasteiger partial charge in [-0.05, 0) is 51.2 Å². The van der Waals surface area contributed by atoms with Gasteiger partial charge in [0, 0.05) is 0 Å². The third kappa shape index (κ3) is 6.28. The van der Waals surface area contributed by atoms with E-state index in [1.807, 2.05) is 19.1 Å². The van der Waals surface area contributed by atoms with E-state index in [2.05, 4.69) is 18.6 Å². The summed E-state index contributed by atoms with van der Waals surface area (Å²) >= 11 is 0. The third-order valence-electron chi connectivity index (χ3n) is 6.65. The molecule has 29 heavy (non-hydrogen) atoms. The Balaban J connectivity index is 2.20. The third-order valence-corrected chi connectivity index (χ3v) is 8.20. The smallest absolute Gasteiger partial charge is 0.241 e. The van der Waals surface area contributed by atoms with Gasteiger partial charge in [-0.15, -0.1) is 0 Å². The highest BCUT2D eigenvalue weighted by molar-refractivity contribution is 7.89. The summed E-state index contributed by atoms with van der Waals surface area (Å²) in [6.07, 6.45) is 12.5. The maximum absolute atomic E-state index is 13.1. The summed E-state index contributed by atoms with van der Waals surface area (Å²) in [5, 5.41) is 11.8. The Kier molecular flexibility index (Phi) is 9.17. The van der Waals surface area contributed by atoms with Crippen LogP contribution >= 0.6 is 0 Å². The largest absolute Gasteiger partial charge is 0.388 e. The van der Waals surface area contributed by atoms with Crippen molar-refractivity contribution in [2.24, 2.45) is 0 Å². The predicted molar refractivity (Wildman–Crippen MR) is 121 cm³/mol. The molecule has 0 saturated heterocycles. The van der Waals surface area contributed by atoms with Crippen LogP contribution in [0.3, 0.4) is 0 Å². The van der Waals surface area contributed by atoms with Gasteiger partial charge in [0.2, 0.25) is 10.0 Å². The van der Waals surface area contributed by atoms with Gasteiger partial charge in [-0.25, -0.2) is 13.1 Å². The zero-order valence-corrected chi connectivity index (χ0v) is 19.5. The Morgan fingerprint density at radius 2 is 1.45 bits per heavy atom. The second-order valence-electron chi connectivity index (χ2n) is 9.01. The number of sulfonamides is 1. The van der Waals surface area contributed by atoms with Crippen molar-refractivity contribution in [1.82, 2.24) is 4.72 Å². The number of nitrogens with one attached hydrogen (secondary N) is 1. The van der Waals surface area contributed by atoms with Crippen LogP contribution in [0.5, 0.6) is 0 Å². The molecule has 1 aromatic carbocycles. The molecule has 5 heteroatoms. The second-order valence-corrected chi connectivity index (χ2v) is 10.7. The van der Waals surface area contributed by atoms with Crippen molar-refractivity contribution in [2.45, 2.75) is 120 Å². The maximum atomic E-state index is 13.1. The minimum Gasteiger partial charge on any atom is -0.388 e. The van der Waals surface area contributed by atoms with Crippen LogP contribution in [0.4, 0.5) is 0 Å². The van der Waals surface area contributed by atoms with Crippen LogP contribution in [-0.2, 0) is 10.0 Å². The molecule has 0 aromatic heterocycles. The summed E-state index contributed by atoms with van der Waals surface area (Å²) in [5.74, 6) is 0. The van der Waals surface area contributed by atoms with Crippen LogP contribution < -0.4 is 4.72 Å². The molecule has 0 aliphatic heterocycles. The van der Waals surface area contributed by atoms with Crippen LogP contribution in [0.15, 0.2) is 29.2 Å².